The predicted molar refractivity (Wildman–Crippen MR) is 65.2 cm³/mol. The molecule has 2 rings (SSSR count). The maximum absolute atomic E-state index is 11.7. The van der Waals surface area contributed by atoms with Crippen LogP contribution in [0.5, 0.6) is 0 Å². The fraction of sp³-hybridized carbons (Fsp3) is 0.500. The van der Waals surface area contributed by atoms with Gasteiger partial charge in [-0.25, -0.2) is 4.98 Å². The molecular formula is C12H15ClN2O2. The van der Waals surface area contributed by atoms with E-state index < -0.39 is 0 Å². The molecule has 0 bridgehead atoms. The predicted octanol–water partition coefficient (Wildman–Crippen LogP) is 2.03. The normalized spacial score (nSPS) is 19.2. The van der Waals surface area contributed by atoms with E-state index in [1.165, 1.54) is 6.20 Å². The van der Waals surface area contributed by atoms with Gasteiger partial charge >= 0.3 is 0 Å². The molecule has 1 aliphatic rings. The Morgan fingerprint density at radius 3 is 3.24 bits per heavy atom. The van der Waals surface area contributed by atoms with Gasteiger partial charge in [0.15, 0.2) is 0 Å². The lowest BCUT2D eigenvalue weighted by molar-refractivity contribution is 0.0907. The number of rotatable bonds is 4. The molecule has 2 heterocycles. The maximum atomic E-state index is 11.7. The van der Waals surface area contributed by atoms with Gasteiger partial charge < -0.3 is 10.1 Å². The van der Waals surface area contributed by atoms with Crippen molar-refractivity contribution >= 4 is 17.5 Å². The van der Waals surface area contributed by atoms with Crippen molar-refractivity contribution < 1.29 is 9.53 Å². The summed E-state index contributed by atoms with van der Waals surface area (Å²) in [6.07, 6.45) is 4.91. The van der Waals surface area contributed by atoms with Crippen LogP contribution < -0.4 is 5.32 Å². The standard InChI is InChI=1S/C12H15ClN2O2/c13-11-8-9(3-5-14-11)12(16)15-6-4-10-2-1-7-17-10/h3,5,8,10H,1-2,4,6-7H2,(H,15,16). The Balaban J connectivity index is 1.77. The molecule has 1 fully saturated rings. The van der Waals surface area contributed by atoms with Gasteiger partial charge in [0.2, 0.25) is 0 Å². The van der Waals surface area contributed by atoms with Crippen LogP contribution in [0.2, 0.25) is 5.15 Å². The van der Waals surface area contributed by atoms with Crippen LogP contribution in [-0.4, -0.2) is 30.1 Å². The lowest BCUT2D eigenvalue weighted by Crippen LogP contribution is -2.27. The van der Waals surface area contributed by atoms with Gasteiger partial charge in [-0.2, -0.15) is 0 Å². The van der Waals surface area contributed by atoms with Gasteiger partial charge in [0, 0.05) is 24.9 Å². The highest BCUT2D eigenvalue weighted by molar-refractivity contribution is 6.29. The average molecular weight is 255 g/mol. The van der Waals surface area contributed by atoms with Crippen LogP contribution in [0.25, 0.3) is 0 Å². The van der Waals surface area contributed by atoms with Crippen molar-refractivity contribution in [2.24, 2.45) is 0 Å². The molecule has 1 aromatic heterocycles. The molecule has 1 N–H and O–H groups in total. The first-order valence-electron chi connectivity index (χ1n) is 5.77. The van der Waals surface area contributed by atoms with Crippen LogP contribution in [0.4, 0.5) is 0 Å². The summed E-state index contributed by atoms with van der Waals surface area (Å²) in [6.45, 7) is 1.47. The van der Waals surface area contributed by atoms with Crippen LogP contribution in [-0.2, 0) is 4.74 Å². The molecule has 0 saturated carbocycles. The summed E-state index contributed by atoms with van der Waals surface area (Å²) in [7, 11) is 0. The van der Waals surface area contributed by atoms with Gasteiger partial charge in [0.25, 0.3) is 5.91 Å². The van der Waals surface area contributed by atoms with E-state index in [-0.39, 0.29) is 5.91 Å². The first-order chi connectivity index (χ1) is 8.25. The molecule has 1 aliphatic heterocycles. The molecular weight excluding hydrogens is 240 g/mol. The number of aromatic nitrogens is 1. The lowest BCUT2D eigenvalue weighted by atomic mass is 10.2. The number of nitrogens with zero attached hydrogens (tertiary/aromatic N) is 1. The van der Waals surface area contributed by atoms with E-state index in [0.29, 0.717) is 23.4 Å². The van der Waals surface area contributed by atoms with Crippen molar-refractivity contribution in [3.05, 3.63) is 29.0 Å². The Kier molecular flexibility index (Phi) is 4.34. The van der Waals surface area contributed by atoms with Crippen LogP contribution in [0, 0.1) is 0 Å². The first-order valence-corrected chi connectivity index (χ1v) is 6.15. The van der Waals surface area contributed by atoms with Crippen molar-refractivity contribution in [3.8, 4) is 0 Å². The number of pyridine rings is 1. The number of nitrogens with one attached hydrogen (secondary N) is 1. The van der Waals surface area contributed by atoms with Crippen molar-refractivity contribution in [1.82, 2.24) is 10.3 Å². The van der Waals surface area contributed by atoms with E-state index in [0.717, 1.165) is 25.9 Å². The van der Waals surface area contributed by atoms with Gasteiger partial charge in [-0.15, -0.1) is 0 Å². The minimum absolute atomic E-state index is 0.118. The second-order valence-electron chi connectivity index (χ2n) is 4.05. The molecule has 0 aromatic carbocycles. The largest absolute Gasteiger partial charge is 0.378 e. The summed E-state index contributed by atoms with van der Waals surface area (Å²) >= 11 is 5.72. The van der Waals surface area contributed by atoms with E-state index >= 15 is 0 Å². The van der Waals surface area contributed by atoms with Crippen molar-refractivity contribution in [1.29, 1.82) is 0 Å². The van der Waals surface area contributed by atoms with Gasteiger partial charge in [-0.3, -0.25) is 4.79 Å². The minimum atomic E-state index is -0.118. The fourth-order valence-corrected chi connectivity index (χ4v) is 2.04. The second kappa shape index (κ2) is 5.98. The van der Waals surface area contributed by atoms with Crippen LogP contribution >= 0.6 is 11.6 Å². The van der Waals surface area contributed by atoms with E-state index in [2.05, 4.69) is 10.3 Å². The number of hydrogen-bond donors (Lipinski definition) is 1. The molecule has 92 valence electrons. The van der Waals surface area contributed by atoms with E-state index in [4.69, 9.17) is 16.3 Å². The van der Waals surface area contributed by atoms with Crippen LogP contribution in [0.15, 0.2) is 18.3 Å². The Bertz CT molecular complexity index is 392. The van der Waals surface area contributed by atoms with Crippen molar-refractivity contribution in [3.63, 3.8) is 0 Å². The van der Waals surface area contributed by atoms with Crippen molar-refractivity contribution in [2.75, 3.05) is 13.2 Å². The summed E-state index contributed by atoms with van der Waals surface area (Å²) in [4.78, 5) is 15.6. The molecule has 1 saturated heterocycles. The molecule has 0 aliphatic carbocycles. The van der Waals surface area contributed by atoms with Crippen LogP contribution in [0.3, 0.4) is 0 Å². The number of hydrogen-bond acceptors (Lipinski definition) is 3. The Morgan fingerprint density at radius 2 is 2.53 bits per heavy atom. The molecule has 17 heavy (non-hydrogen) atoms. The smallest absolute Gasteiger partial charge is 0.251 e. The molecule has 1 aromatic rings. The Hall–Kier alpha value is -1.13. The molecule has 1 amide bonds. The minimum Gasteiger partial charge on any atom is -0.378 e. The number of halogens is 1. The van der Waals surface area contributed by atoms with Gasteiger partial charge in [0.1, 0.15) is 5.15 Å². The fourth-order valence-electron chi connectivity index (χ4n) is 1.86. The highest BCUT2D eigenvalue weighted by atomic mass is 35.5. The van der Waals surface area contributed by atoms with E-state index in [1.807, 2.05) is 0 Å². The van der Waals surface area contributed by atoms with Crippen LogP contribution in [0.1, 0.15) is 29.6 Å². The number of carbonyl (C=O) groups is 1. The number of amides is 1. The summed E-state index contributed by atoms with van der Waals surface area (Å²) in [5.74, 6) is -0.118. The molecule has 4 nitrogen and oxygen atoms in total. The third-order valence-electron chi connectivity index (χ3n) is 2.76. The number of ether oxygens (including phenoxy) is 1. The zero-order chi connectivity index (χ0) is 12.1. The lowest BCUT2D eigenvalue weighted by Gasteiger charge is -2.10. The summed E-state index contributed by atoms with van der Waals surface area (Å²) < 4.78 is 5.48. The second-order valence-corrected chi connectivity index (χ2v) is 4.43. The zero-order valence-electron chi connectivity index (χ0n) is 9.49. The third kappa shape index (κ3) is 3.68. The van der Waals surface area contributed by atoms with Gasteiger partial charge in [0.05, 0.1) is 6.10 Å². The highest BCUT2D eigenvalue weighted by Crippen LogP contribution is 2.14. The average Bonchev–Trinajstić information content (AvgIpc) is 2.82. The molecule has 1 unspecified atom stereocenters. The Morgan fingerprint density at radius 1 is 1.65 bits per heavy atom. The summed E-state index contributed by atoms with van der Waals surface area (Å²) in [5.41, 5.74) is 0.539. The number of carbonyl (C=O) groups excluding carboxylic acids is 1. The van der Waals surface area contributed by atoms with Gasteiger partial charge in [-0.05, 0) is 31.4 Å². The van der Waals surface area contributed by atoms with E-state index in [1.54, 1.807) is 12.1 Å². The summed E-state index contributed by atoms with van der Waals surface area (Å²) in [6, 6.07) is 3.20. The first kappa shape index (κ1) is 12.3. The summed E-state index contributed by atoms with van der Waals surface area (Å²) in [5, 5.41) is 3.18. The molecule has 1 atom stereocenters. The van der Waals surface area contributed by atoms with E-state index in [9.17, 15) is 4.79 Å². The molecule has 0 spiro atoms. The monoisotopic (exact) mass is 254 g/mol. The maximum Gasteiger partial charge on any atom is 0.251 e. The van der Waals surface area contributed by atoms with Crippen molar-refractivity contribution in [2.45, 2.75) is 25.4 Å². The highest BCUT2D eigenvalue weighted by Gasteiger charge is 2.15. The topological polar surface area (TPSA) is 51.2 Å². The quantitative estimate of drug-likeness (QED) is 0.837. The third-order valence-corrected chi connectivity index (χ3v) is 2.97. The SMILES string of the molecule is O=C(NCCC1CCCO1)c1ccnc(Cl)c1. The molecule has 0 radical (unpaired) electrons. The Labute approximate surface area is 105 Å². The molecule has 5 heteroatoms. The zero-order valence-corrected chi connectivity index (χ0v) is 10.2. The van der Waals surface area contributed by atoms with Gasteiger partial charge in [-0.1, -0.05) is 11.6 Å².